The van der Waals surface area contributed by atoms with E-state index in [1.807, 2.05) is 56.3 Å². The first kappa shape index (κ1) is 20.4. The molecule has 7 heteroatoms. The molecule has 2 heterocycles. The second-order valence-corrected chi connectivity index (χ2v) is 7.94. The molecule has 2 aromatic carbocycles. The number of halogens is 1. The minimum atomic E-state index is 0.270. The Kier molecular flexibility index (Phi) is 6.06. The van der Waals surface area contributed by atoms with E-state index in [-0.39, 0.29) is 6.10 Å². The average molecular weight is 424 g/mol. The van der Waals surface area contributed by atoms with Crippen LogP contribution in [0, 0.1) is 13.8 Å². The standard InChI is InChI=1S/C23H26ClN5O/c1-14-4-3-5-19(20(14)24)21-15(2)22(25)29-23(28-21)27-16-6-8-17(9-7-16)30-18-10-12-26-13-11-18/h3-9,18,26H,10-13H2,1-2H3,(H3,25,27,28,29). The highest BCUT2D eigenvalue weighted by molar-refractivity contribution is 6.34. The summed E-state index contributed by atoms with van der Waals surface area (Å²) in [6.45, 7) is 5.88. The Morgan fingerprint density at radius 2 is 1.80 bits per heavy atom. The number of aromatic nitrogens is 2. The Morgan fingerprint density at radius 1 is 1.07 bits per heavy atom. The smallest absolute Gasteiger partial charge is 0.229 e. The quantitative estimate of drug-likeness (QED) is 0.542. The van der Waals surface area contributed by atoms with E-state index in [9.17, 15) is 0 Å². The number of piperidine rings is 1. The second kappa shape index (κ2) is 8.90. The molecule has 1 fully saturated rings. The van der Waals surface area contributed by atoms with E-state index in [0.29, 0.717) is 16.8 Å². The molecule has 0 atom stereocenters. The van der Waals surface area contributed by atoms with Crippen molar-refractivity contribution in [3.63, 3.8) is 0 Å². The second-order valence-electron chi connectivity index (χ2n) is 7.56. The summed E-state index contributed by atoms with van der Waals surface area (Å²) >= 11 is 6.52. The summed E-state index contributed by atoms with van der Waals surface area (Å²) < 4.78 is 6.06. The molecule has 1 aliphatic heterocycles. The zero-order valence-corrected chi connectivity index (χ0v) is 18.0. The van der Waals surface area contributed by atoms with Gasteiger partial charge in [-0.3, -0.25) is 0 Å². The van der Waals surface area contributed by atoms with Crippen LogP contribution in [0.3, 0.4) is 0 Å². The van der Waals surface area contributed by atoms with E-state index in [4.69, 9.17) is 27.1 Å². The maximum Gasteiger partial charge on any atom is 0.229 e. The monoisotopic (exact) mass is 423 g/mol. The van der Waals surface area contributed by atoms with E-state index in [1.54, 1.807) is 0 Å². The minimum absolute atomic E-state index is 0.270. The van der Waals surface area contributed by atoms with Gasteiger partial charge in [-0.2, -0.15) is 4.98 Å². The van der Waals surface area contributed by atoms with Crippen molar-refractivity contribution in [2.45, 2.75) is 32.8 Å². The number of benzene rings is 2. The van der Waals surface area contributed by atoms with Crippen LogP contribution in [0.2, 0.25) is 5.02 Å². The molecule has 0 unspecified atom stereocenters. The molecule has 4 N–H and O–H groups in total. The van der Waals surface area contributed by atoms with E-state index < -0.39 is 0 Å². The van der Waals surface area contributed by atoms with Crippen LogP contribution in [0.1, 0.15) is 24.0 Å². The van der Waals surface area contributed by atoms with Crippen molar-refractivity contribution >= 4 is 29.1 Å². The number of ether oxygens (including phenoxy) is 1. The third kappa shape index (κ3) is 4.50. The molecule has 0 bridgehead atoms. The lowest BCUT2D eigenvalue weighted by molar-refractivity contribution is 0.162. The van der Waals surface area contributed by atoms with Crippen molar-refractivity contribution in [3.8, 4) is 17.0 Å². The lowest BCUT2D eigenvalue weighted by Gasteiger charge is -2.23. The summed E-state index contributed by atoms with van der Waals surface area (Å²) in [6.07, 6.45) is 2.33. The number of nitrogens with one attached hydrogen (secondary N) is 2. The van der Waals surface area contributed by atoms with Crippen molar-refractivity contribution in [2.24, 2.45) is 0 Å². The maximum atomic E-state index is 6.52. The number of nitrogens with two attached hydrogens (primary N) is 1. The summed E-state index contributed by atoms with van der Waals surface area (Å²) in [6, 6.07) is 13.7. The first-order chi connectivity index (χ1) is 14.5. The number of nitrogens with zero attached hydrogens (tertiary/aromatic N) is 2. The molecular formula is C23H26ClN5O. The van der Waals surface area contributed by atoms with Gasteiger partial charge in [0, 0.05) is 16.8 Å². The molecule has 30 heavy (non-hydrogen) atoms. The number of nitrogen functional groups attached to an aromatic ring is 1. The minimum Gasteiger partial charge on any atom is -0.490 e. The highest BCUT2D eigenvalue weighted by Crippen LogP contribution is 2.33. The summed E-state index contributed by atoms with van der Waals surface area (Å²) in [4.78, 5) is 9.09. The van der Waals surface area contributed by atoms with Gasteiger partial charge in [0.05, 0.1) is 10.7 Å². The Hall–Kier alpha value is -2.83. The van der Waals surface area contributed by atoms with Crippen LogP contribution in [0.5, 0.6) is 5.75 Å². The van der Waals surface area contributed by atoms with Crippen LogP contribution in [0.15, 0.2) is 42.5 Å². The van der Waals surface area contributed by atoms with E-state index in [2.05, 4.69) is 15.6 Å². The molecule has 4 rings (SSSR count). The van der Waals surface area contributed by atoms with E-state index in [0.717, 1.165) is 59.8 Å². The van der Waals surface area contributed by atoms with Gasteiger partial charge >= 0.3 is 0 Å². The molecule has 0 spiro atoms. The van der Waals surface area contributed by atoms with Gasteiger partial charge < -0.3 is 21.1 Å². The molecule has 1 aliphatic rings. The predicted octanol–water partition coefficient (Wildman–Crippen LogP) is 4.87. The number of hydrogen-bond donors (Lipinski definition) is 3. The molecule has 0 aliphatic carbocycles. The van der Waals surface area contributed by atoms with Gasteiger partial charge in [0.25, 0.3) is 0 Å². The first-order valence-electron chi connectivity index (χ1n) is 10.2. The van der Waals surface area contributed by atoms with Crippen molar-refractivity contribution in [2.75, 3.05) is 24.1 Å². The molecule has 6 nitrogen and oxygen atoms in total. The number of hydrogen-bond acceptors (Lipinski definition) is 6. The lowest BCUT2D eigenvalue weighted by Crippen LogP contribution is -2.34. The van der Waals surface area contributed by atoms with Crippen LogP contribution in [0.4, 0.5) is 17.5 Å². The van der Waals surface area contributed by atoms with Crippen LogP contribution < -0.4 is 21.1 Å². The van der Waals surface area contributed by atoms with Crippen LogP contribution in [-0.4, -0.2) is 29.2 Å². The zero-order valence-electron chi connectivity index (χ0n) is 17.2. The summed E-state index contributed by atoms with van der Waals surface area (Å²) in [5, 5.41) is 7.25. The van der Waals surface area contributed by atoms with Gasteiger partial charge in [0.2, 0.25) is 5.95 Å². The van der Waals surface area contributed by atoms with Gasteiger partial charge in [0.15, 0.2) is 0 Å². The maximum absolute atomic E-state index is 6.52. The summed E-state index contributed by atoms with van der Waals surface area (Å²) in [5.41, 5.74) is 10.4. The third-order valence-corrected chi connectivity index (χ3v) is 5.83. The Balaban J connectivity index is 1.54. The fourth-order valence-electron chi connectivity index (χ4n) is 3.53. The van der Waals surface area contributed by atoms with Gasteiger partial charge in [-0.25, -0.2) is 4.98 Å². The van der Waals surface area contributed by atoms with Gasteiger partial charge in [0.1, 0.15) is 17.7 Å². The van der Waals surface area contributed by atoms with E-state index in [1.165, 1.54) is 0 Å². The Bertz CT molecular complexity index is 1030. The van der Waals surface area contributed by atoms with Crippen molar-refractivity contribution in [1.82, 2.24) is 15.3 Å². The van der Waals surface area contributed by atoms with Crippen LogP contribution in [0.25, 0.3) is 11.3 Å². The topological polar surface area (TPSA) is 85.1 Å². The average Bonchev–Trinajstić information content (AvgIpc) is 2.75. The normalized spacial score (nSPS) is 14.5. The van der Waals surface area contributed by atoms with Crippen LogP contribution in [-0.2, 0) is 0 Å². The van der Waals surface area contributed by atoms with Gasteiger partial charge in [-0.15, -0.1) is 0 Å². The molecule has 1 aromatic heterocycles. The fraction of sp³-hybridized carbons (Fsp3) is 0.304. The molecule has 3 aromatic rings. The number of anilines is 3. The van der Waals surface area contributed by atoms with Crippen molar-refractivity contribution in [3.05, 3.63) is 58.6 Å². The molecular weight excluding hydrogens is 398 g/mol. The predicted molar refractivity (Wildman–Crippen MR) is 123 cm³/mol. The number of rotatable bonds is 5. The molecule has 156 valence electrons. The fourth-order valence-corrected chi connectivity index (χ4v) is 3.75. The number of aryl methyl sites for hydroxylation is 1. The van der Waals surface area contributed by atoms with Crippen LogP contribution >= 0.6 is 11.6 Å². The van der Waals surface area contributed by atoms with Crippen molar-refractivity contribution < 1.29 is 4.74 Å². The Morgan fingerprint density at radius 3 is 2.53 bits per heavy atom. The zero-order chi connectivity index (χ0) is 21.1. The summed E-state index contributed by atoms with van der Waals surface area (Å²) in [5.74, 6) is 1.72. The van der Waals surface area contributed by atoms with Gasteiger partial charge in [-0.05, 0) is 69.6 Å². The molecule has 0 amide bonds. The third-order valence-electron chi connectivity index (χ3n) is 5.33. The lowest BCUT2D eigenvalue weighted by atomic mass is 10.0. The largest absolute Gasteiger partial charge is 0.490 e. The highest BCUT2D eigenvalue weighted by Gasteiger charge is 2.16. The van der Waals surface area contributed by atoms with Gasteiger partial charge in [-0.1, -0.05) is 29.8 Å². The summed E-state index contributed by atoms with van der Waals surface area (Å²) in [7, 11) is 0. The van der Waals surface area contributed by atoms with Crippen molar-refractivity contribution in [1.29, 1.82) is 0 Å². The Labute approximate surface area is 181 Å². The first-order valence-corrected chi connectivity index (χ1v) is 10.5. The van der Waals surface area contributed by atoms with E-state index >= 15 is 0 Å². The molecule has 0 saturated carbocycles. The SMILES string of the molecule is Cc1cccc(-c2nc(Nc3ccc(OC4CCNCC4)cc3)nc(N)c2C)c1Cl. The molecule has 1 saturated heterocycles. The molecule has 0 radical (unpaired) electrons. The highest BCUT2D eigenvalue weighted by atomic mass is 35.5.